The lowest BCUT2D eigenvalue weighted by Gasteiger charge is -2.24. The predicted molar refractivity (Wildman–Crippen MR) is 75.2 cm³/mol. The summed E-state index contributed by atoms with van der Waals surface area (Å²) < 4.78 is 0. The van der Waals surface area contributed by atoms with E-state index in [2.05, 4.69) is 62.5 Å². The molecule has 0 atom stereocenters. The van der Waals surface area contributed by atoms with E-state index in [1.54, 1.807) is 0 Å². The van der Waals surface area contributed by atoms with E-state index >= 15 is 0 Å². The summed E-state index contributed by atoms with van der Waals surface area (Å²) in [5.74, 6) is 0. The van der Waals surface area contributed by atoms with Crippen molar-refractivity contribution in [1.29, 1.82) is 0 Å². The fourth-order valence-corrected chi connectivity index (χ4v) is 2.05. The molecule has 0 aliphatic rings. The van der Waals surface area contributed by atoms with Crippen LogP contribution in [0.1, 0.15) is 26.3 Å². The van der Waals surface area contributed by atoms with Gasteiger partial charge in [-0.2, -0.15) is 0 Å². The van der Waals surface area contributed by atoms with Crippen molar-refractivity contribution >= 4 is 16.5 Å². The highest BCUT2D eigenvalue weighted by Crippen LogP contribution is 2.28. The maximum atomic E-state index is 5.77. The summed E-state index contributed by atoms with van der Waals surface area (Å²) in [6.07, 6.45) is 0. The molecule has 0 spiro atoms. The lowest BCUT2D eigenvalue weighted by Crippen LogP contribution is -2.26. The zero-order chi connectivity index (χ0) is 12.5. The van der Waals surface area contributed by atoms with Gasteiger partial charge in [0, 0.05) is 23.2 Å². The van der Waals surface area contributed by atoms with Crippen LogP contribution in [0.5, 0.6) is 0 Å². The number of benzene rings is 2. The molecule has 17 heavy (non-hydrogen) atoms. The van der Waals surface area contributed by atoms with Crippen molar-refractivity contribution in [3.05, 3.63) is 42.0 Å². The molecule has 0 aromatic heterocycles. The van der Waals surface area contributed by atoms with Crippen LogP contribution in [0.4, 0.5) is 5.69 Å². The molecule has 0 unspecified atom stereocenters. The van der Waals surface area contributed by atoms with Crippen LogP contribution < -0.4 is 11.1 Å². The highest BCUT2D eigenvalue weighted by molar-refractivity contribution is 5.96. The third-order valence-corrected chi connectivity index (χ3v) is 2.74. The number of rotatable bonds is 2. The summed E-state index contributed by atoms with van der Waals surface area (Å²) in [6.45, 7) is 7.08. The van der Waals surface area contributed by atoms with Gasteiger partial charge in [-0.3, -0.25) is 0 Å². The fraction of sp³-hybridized carbons (Fsp3) is 0.333. The van der Waals surface area contributed by atoms with Crippen LogP contribution >= 0.6 is 0 Å². The molecule has 3 N–H and O–H groups in total. The lowest BCUT2D eigenvalue weighted by molar-refractivity contribution is 0.635. The van der Waals surface area contributed by atoms with Crippen LogP contribution in [0.2, 0.25) is 0 Å². The Kier molecular flexibility index (Phi) is 3.07. The van der Waals surface area contributed by atoms with E-state index in [-0.39, 0.29) is 5.54 Å². The first-order chi connectivity index (χ1) is 8.01. The molecular formula is C15H20N2. The van der Waals surface area contributed by atoms with E-state index in [1.807, 2.05) is 0 Å². The Labute approximate surface area is 103 Å². The van der Waals surface area contributed by atoms with Crippen molar-refractivity contribution in [2.75, 3.05) is 5.32 Å². The van der Waals surface area contributed by atoms with Gasteiger partial charge in [0.15, 0.2) is 0 Å². The molecule has 0 fully saturated rings. The number of nitrogens with two attached hydrogens (primary N) is 1. The van der Waals surface area contributed by atoms with Gasteiger partial charge in [0.05, 0.1) is 0 Å². The lowest BCUT2D eigenvalue weighted by atomic mass is 10.0. The van der Waals surface area contributed by atoms with Gasteiger partial charge >= 0.3 is 0 Å². The molecule has 0 amide bonds. The first-order valence-electron chi connectivity index (χ1n) is 6.00. The summed E-state index contributed by atoms with van der Waals surface area (Å²) >= 11 is 0. The number of fused-ring (bicyclic) bond motifs is 1. The Balaban J connectivity index is 2.59. The molecule has 90 valence electrons. The van der Waals surface area contributed by atoms with Gasteiger partial charge in [0.2, 0.25) is 0 Å². The van der Waals surface area contributed by atoms with E-state index in [4.69, 9.17) is 5.73 Å². The van der Waals surface area contributed by atoms with Crippen LogP contribution in [-0.4, -0.2) is 5.54 Å². The third kappa shape index (κ3) is 2.59. The zero-order valence-corrected chi connectivity index (χ0v) is 10.7. The SMILES string of the molecule is CC(C)(C)Nc1ccc(CN)c2ccccc12. The maximum Gasteiger partial charge on any atom is 0.0424 e. The Morgan fingerprint density at radius 3 is 2.24 bits per heavy atom. The van der Waals surface area contributed by atoms with Crippen LogP contribution in [0.25, 0.3) is 10.8 Å². The van der Waals surface area contributed by atoms with E-state index < -0.39 is 0 Å². The van der Waals surface area contributed by atoms with Gasteiger partial charge in [-0.15, -0.1) is 0 Å². The molecule has 0 saturated heterocycles. The van der Waals surface area contributed by atoms with Crippen molar-refractivity contribution in [3.63, 3.8) is 0 Å². The zero-order valence-electron chi connectivity index (χ0n) is 10.7. The molecule has 0 aliphatic carbocycles. The number of hydrogen-bond acceptors (Lipinski definition) is 2. The van der Waals surface area contributed by atoms with Crippen LogP contribution in [0, 0.1) is 0 Å². The molecule has 2 heteroatoms. The minimum absolute atomic E-state index is 0.0625. The topological polar surface area (TPSA) is 38.0 Å². The van der Waals surface area contributed by atoms with E-state index in [0.717, 1.165) is 0 Å². The Morgan fingerprint density at radius 1 is 1.00 bits per heavy atom. The van der Waals surface area contributed by atoms with Crippen molar-refractivity contribution in [1.82, 2.24) is 0 Å². The van der Waals surface area contributed by atoms with Gasteiger partial charge in [-0.1, -0.05) is 30.3 Å². The van der Waals surface area contributed by atoms with E-state index in [0.29, 0.717) is 6.54 Å². The minimum Gasteiger partial charge on any atom is -0.380 e. The highest BCUT2D eigenvalue weighted by atomic mass is 14.9. The molecule has 0 heterocycles. The molecule has 2 aromatic carbocycles. The molecule has 0 aliphatic heterocycles. The smallest absolute Gasteiger partial charge is 0.0424 e. The second-order valence-electron chi connectivity index (χ2n) is 5.40. The van der Waals surface area contributed by atoms with Gasteiger partial charge in [-0.25, -0.2) is 0 Å². The Hall–Kier alpha value is -1.54. The average molecular weight is 228 g/mol. The van der Waals surface area contributed by atoms with Crippen molar-refractivity contribution < 1.29 is 0 Å². The average Bonchev–Trinajstić information content (AvgIpc) is 2.28. The first-order valence-corrected chi connectivity index (χ1v) is 6.00. The molecule has 2 nitrogen and oxygen atoms in total. The summed E-state index contributed by atoms with van der Waals surface area (Å²) in [5, 5.41) is 6.02. The molecule has 2 rings (SSSR count). The largest absolute Gasteiger partial charge is 0.380 e. The third-order valence-electron chi connectivity index (χ3n) is 2.74. The van der Waals surface area contributed by atoms with Crippen LogP contribution in [0.15, 0.2) is 36.4 Å². The fourth-order valence-electron chi connectivity index (χ4n) is 2.05. The second-order valence-corrected chi connectivity index (χ2v) is 5.40. The number of anilines is 1. The number of nitrogens with one attached hydrogen (secondary N) is 1. The van der Waals surface area contributed by atoms with E-state index in [9.17, 15) is 0 Å². The van der Waals surface area contributed by atoms with Gasteiger partial charge in [0.1, 0.15) is 0 Å². The quantitative estimate of drug-likeness (QED) is 0.825. The minimum atomic E-state index is 0.0625. The Bertz CT molecular complexity index is 524. The summed E-state index contributed by atoms with van der Waals surface area (Å²) in [6, 6.07) is 12.6. The second kappa shape index (κ2) is 4.38. The van der Waals surface area contributed by atoms with Crippen molar-refractivity contribution in [2.45, 2.75) is 32.9 Å². The normalized spacial score (nSPS) is 11.8. The predicted octanol–water partition coefficient (Wildman–Crippen LogP) is 3.51. The molecule has 0 radical (unpaired) electrons. The molecule has 0 bridgehead atoms. The molecule has 0 saturated carbocycles. The molecular weight excluding hydrogens is 208 g/mol. The number of hydrogen-bond donors (Lipinski definition) is 2. The van der Waals surface area contributed by atoms with Crippen molar-refractivity contribution in [3.8, 4) is 0 Å². The standard InChI is InChI=1S/C15H20N2/c1-15(2,3)17-14-9-8-11(10-16)12-6-4-5-7-13(12)14/h4-9,17H,10,16H2,1-3H3. The van der Waals surface area contributed by atoms with Gasteiger partial charge in [-0.05, 0) is 37.8 Å². The summed E-state index contributed by atoms with van der Waals surface area (Å²) in [7, 11) is 0. The first kappa shape index (κ1) is 11.9. The maximum absolute atomic E-state index is 5.77. The highest BCUT2D eigenvalue weighted by Gasteiger charge is 2.12. The Morgan fingerprint density at radius 2 is 1.65 bits per heavy atom. The van der Waals surface area contributed by atoms with E-state index in [1.165, 1.54) is 22.0 Å². The van der Waals surface area contributed by atoms with Crippen molar-refractivity contribution in [2.24, 2.45) is 5.73 Å². The van der Waals surface area contributed by atoms with Gasteiger partial charge in [0.25, 0.3) is 0 Å². The van der Waals surface area contributed by atoms with Crippen LogP contribution in [-0.2, 0) is 6.54 Å². The monoisotopic (exact) mass is 228 g/mol. The summed E-state index contributed by atoms with van der Waals surface area (Å²) in [5.41, 5.74) is 8.20. The summed E-state index contributed by atoms with van der Waals surface area (Å²) in [4.78, 5) is 0. The van der Waals surface area contributed by atoms with Crippen LogP contribution in [0.3, 0.4) is 0 Å². The molecule has 2 aromatic rings. The van der Waals surface area contributed by atoms with Gasteiger partial charge < -0.3 is 11.1 Å².